The van der Waals surface area contributed by atoms with Crippen molar-refractivity contribution in [1.82, 2.24) is 24.6 Å². The number of rotatable bonds is 5. The van der Waals surface area contributed by atoms with Gasteiger partial charge in [0, 0.05) is 69.5 Å². The third-order valence-corrected chi connectivity index (χ3v) is 4.93. The lowest BCUT2D eigenvalue weighted by molar-refractivity contribution is 0.249. The van der Waals surface area contributed by atoms with Crippen molar-refractivity contribution < 1.29 is 5.11 Å². The first-order valence-electron chi connectivity index (χ1n) is 9.19. The molecule has 8 heteroatoms. The molecule has 148 valence electrons. The molecule has 0 aliphatic carbocycles. The molecule has 4 rings (SSSR count). The Kier molecular flexibility index (Phi) is 6.61. The van der Waals surface area contributed by atoms with Crippen LogP contribution >= 0.6 is 12.4 Å². The largest absolute Gasteiger partial charge is 0.392 e. The van der Waals surface area contributed by atoms with Gasteiger partial charge in [-0.2, -0.15) is 5.10 Å². The maximum Gasteiger partial charge on any atom is 0.155 e. The van der Waals surface area contributed by atoms with E-state index in [4.69, 9.17) is 0 Å². The number of nitrogens with zero attached hydrogens (tertiary/aromatic N) is 6. The third-order valence-electron chi connectivity index (χ3n) is 4.93. The van der Waals surface area contributed by atoms with Gasteiger partial charge in [-0.25, -0.2) is 4.98 Å². The van der Waals surface area contributed by atoms with Gasteiger partial charge >= 0.3 is 0 Å². The van der Waals surface area contributed by atoms with Gasteiger partial charge in [-0.1, -0.05) is 24.3 Å². The minimum Gasteiger partial charge on any atom is -0.392 e. The number of piperazine rings is 1. The first-order valence-corrected chi connectivity index (χ1v) is 9.19. The first-order chi connectivity index (χ1) is 13.2. The number of hydrogen-bond donors (Lipinski definition) is 1. The zero-order chi connectivity index (χ0) is 18.6. The standard InChI is InChI=1S/C20H24N6O.ClH/c1-24-13-17(12-23-24)14-25-8-10-26(11-9-25)20-19(21-6-7-22-20)18-4-2-16(15-27)3-5-18;/h2-7,12-13,27H,8-11,14-15H2,1H3;1H. The first kappa shape index (κ1) is 20.3. The molecule has 0 spiro atoms. The number of benzene rings is 1. The van der Waals surface area contributed by atoms with E-state index in [1.165, 1.54) is 5.56 Å². The van der Waals surface area contributed by atoms with Crippen LogP contribution in [-0.4, -0.2) is 55.9 Å². The predicted molar refractivity (Wildman–Crippen MR) is 111 cm³/mol. The second-order valence-electron chi connectivity index (χ2n) is 6.87. The van der Waals surface area contributed by atoms with Crippen LogP contribution in [0.2, 0.25) is 0 Å². The fourth-order valence-electron chi connectivity index (χ4n) is 3.46. The summed E-state index contributed by atoms with van der Waals surface area (Å²) in [7, 11) is 1.95. The fraction of sp³-hybridized carbons (Fsp3) is 0.350. The maximum atomic E-state index is 9.24. The topological polar surface area (TPSA) is 70.3 Å². The molecule has 0 radical (unpaired) electrons. The molecule has 0 amide bonds. The van der Waals surface area contributed by atoms with E-state index in [0.29, 0.717) is 0 Å². The van der Waals surface area contributed by atoms with Crippen molar-refractivity contribution in [3.05, 3.63) is 60.2 Å². The van der Waals surface area contributed by atoms with Crippen LogP contribution in [0.25, 0.3) is 11.3 Å². The summed E-state index contributed by atoms with van der Waals surface area (Å²) in [5.74, 6) is 0.926. The molecule has 2 aromatic heterocycles. The predicted octanol–water partition coefficient (Wildman–Crippen LogP) is 2.11. The van der Waals surface area contributed by atoms with Crippen molar-refractivity contribution in [3.63, 3.8) is 0 Å². The van der Waals surface area contributed by atoms with Gasteiger partial charge in [0.05, 0.1) is 12.8 Å². The highest BCUT2D eigenvalue weighted by Gasteiger charge is 2.21. The Hall–Kier alpha value is -2.48. The molecule has 3 aromatic rings. The fourth-order valence-corrected chi connectivity index (χ4v) is 3.46. The van der Waals surface area contributed by atoms with E-state index in [2.05, 4.69) is 31.1 Å². The molecule has 0 unspecified atom stereocenters. The van der Waals surface area contributed by atoms with Crippen molar-refractivity contribution in [2.75, 3.05) is 31.1 Å². The molecule has 1 aliphatic heterocycles. The van der Waals surface area contributed by atoms with Crippen molar-refractivity contribution in [3.8, 4) is 11.3 Å². The molecule has 0 atom stereocenters. The van der Waals surface area contributed by atoms with Crippen molar-refractivity contribution in [2.45, 2.75) is 13.2 Å². The van der Waals surface area contributed by atoms with Crippen molar-refractivity contribution in [2.24, 2.45) is 7.05 Å². The van der Waals surface area contributed by atoms with Crippen LogP contribution < -0.4 is 4.90 Å². The zero-order valence-electron chi connectivity index (χ0n) is 15.9. The van der Waals surface area contributed by atoms with Crippen LogP contribution in [0.15, 0.2) is 49.1 Å². The molecule has 1 aliphatic rings. The van der Waals surface area contributed by atoms with E-state index in [1.54, 1.807) is 12.4 Å². The molecule has 7 nitrogen and oxygen atoms in total. The summed E-state index contributed by atoms with van der Waals surface area (Å²) in [5, 5.41) is 13.5. The van der Waals surface area contributed by atoms with Gasteiger partial charge in [0.1, 0.15) is 5.69 Å². The number of anilines is 1. The molecule has 3 heterocycles. The molecule has 1 saturated heterocycles. The van der Waals surface area contributed by atoms with Gasteiger partial charge in [0.2, 0.25) is 0 Å². The lowest BCUT2D eigenvalue weighted by Crippen LogP contribution is -2.46. The smallest absolute Gasteiger partial charge is 0.155 e. The quantitative estimate of drug-likeness (QED) is 0.707. The maximum absolute atomic E-state index is 9.24. The minimum atomic E-state index is 0. The highest BCUT2D eigenvalue weighted by molar-refractivity contribution is 5.85. The van der Waals surface area contributed by atoms with Gasteiger partial charge in [-0.15, -0.1) is 12.4 Å². The minimum absolute atomic E-state index is 0. The Labute approximate surface area is 171 Å². The average Bonchev–Trinajstić information content (AvgIpc) is 3.13. The Balaban J connectivity index is 0.00000225. The molecular weight excluding hydrogens is 376 g/mol. The van der Waals surface area contributed by atoms with Crippen molar-refractivity contribution >= 4 is 18.2 Å². The molecule has 28 heavy (non-hydrogen) atoms. The SMILES string of the molecule is Cl.Cn1cc(CN2CCN(c3nccnc3-c3ccc(CO)cc3)CC2)cn1. The monoisotopic (exact) mass is 400 g/mol. The number of aliphatic hydroxyl groups excluding tert-OH is 1. The van der Waals surface area contributed by atoms with Crippen LogP contribution in [0.4, 0.5) is 5.82 Å². The Bertz CT molecular complexity index is 890. The number of aliphatic hydroxyl groups is 1. The molecular formula is C20H25ClN6O. The summed E-state index contributed by atoms with van der Waals surface area (Å²) >= 11 is 0. The number of aryl methyl sites for hydroxylation is 1. The third kappa shape index (κ3) is 4.49. The number of halogens is 1. The van der Waals surface area contributed by atoms with Crippen LogP contribution in [0.1, 0.15) is 11.1 Å². The Morgan fingerprint density at radius 3 is 2.32 bits per heavy atom. The Morgan fingerprint density at radius 2 is 1.68 bits per heavy atom. The zero-order valence-corrected chi connectivity index (χ0v) is 16.7. The van der Waals surface area contributed by atoms with Gasteiger partial charge in [0.15, 0.2) is 5.82 Å². The molecule has 0 saturated carbocycles. The van der Waals surface area contributed by atoms with Crippen LogP contribution in [0, 0.1) is 0 Å². The summed E-state index contributed by atoms with van der Waals surface area (Å²) in [6.07, 6.45) is 7.49. The van der Waals surface area contributed by atoms with Crippen LogP contribution in [0.5, 0.6) is 0 Å². The molecule has 1 aromatic carbocycles. The van der Waals surface area contributed by atoms with E-state index in [-0.39, 0.29) is 19.0 Å². The lowest BCUT2D eigenvalue weighted by atomic mass is 10.1. The summed E-state index contributed by atoms with van der Waals surface area (Å²) < 4.78 is 1.85. The molecule has 1 fully saturated rings. The van der Waals surface area contributed by atoms with E-state index in [9.17, 15) is 5.11 Å². The summed E-state index contributed by atoms with van der Waals surface area (Å²) in [6.45, 7) is 4.77. The summed E-state index contributed by atoms with van der Waals surface area (Å²) in [6, 6.07) is 7.86. The van der Waals surface area contributed by atoms with E-state index in [0.717, 1.165) is 55.4 Å². The van der Waals surface area contributed by atoms with Crippen molar-refractivity contribution in [1.29, 1.82) is 0 Å². The van der Waals surface area contributed by atoms with E-state index >= 15 is 0 Å². The summed E-state index contributed by atoms with van der Waals surface area (Å²) in [5.41, 5.74) is 4.05. The summed E-state index contributed by atoms with van der Waals surface area (Å²) in [4.78, 5) is 13.9. The lowest BCUT2D eigenvalue weighted by Gasteiger charge is -2.35. The second-order valence-corrected chi connectivity index (χ2v) is 6.87. The number of hydrogen-bond acceptors (Lipinski definition) is 6. The van der Waals surface area contributed by atoms with Gasteiger partial charge in [0.25, 0.3) is 0 Å². The van der Waals surface area contributed by atoms with E-state index < -0.39 is 0 Å². The second kappa shape index (κ2) is 9.14. The highest BCUT2D eigenvalue weighted by atomic mass is 35.5. The number of aromatic nitrogens is 4. The molecule has 1 N–H and O–H groups in total. The normalized spacial score (nSPS) is 14.7. The van der Waals surface area contributed by atoms with Crippen LogP contribution in [0.3, 0.4) is 0 Å². The van der Waals surface area contributed by atoms with Gasteiger partial charge in [-0.3, -0.25) is 14.6 Å². The van der Waals surface area contributed by atoms with E-state index in [1.807, 2.05) is 42.2 Å². The van der Waals surface area contributed by atoms with Crippen LogP contribution in [-0.2, 0) is 20.2 Å². The highest BCUT2D eigenvalue weighted by Crippen LogP contribution is 2.27. The van der Waals surface area contributed by atoms with Gasteiger partial charge in [-0.05, 0) is 5.56 Å². The molecule has 0 bridgehead atoms. The Morgan fingerprint density at radius 1 is 0.964 bits per heavy atom. The van der Waals surface area contributed by atoms with Gasteiger partial charge < -0.3 is 10.0 Å². The average molecular weight is 401 g/mol.